The Labute approximate surface area is 127 Å². The minimum atomic E-state index is -0.276. The number of nitrogens with zero attached hydrogens (tertiary/aromatic N) is 1. The van der Waals surface area contributed by atoms with E-state index in [-0.39, 0.29) is 23.7 Å². The van der Waals surface area contributed by atoms with Gasteiger partial charge in [-0.2, -0.15) is 0 Å². The molecule has 108 valence electrons. The predicted molar refractivity (Wildman–Crippen MR) is 79.6 cm³/mol. The number of benzene rings is 1. The van der Waals surface area contributed by atoms with Crippen molar-refractivity contribution in [3.05, 3.63) is 34.9 Å². The average molecular weight is 314 g/mol. The third kappa shape index (κ3) is 3.67. The van der Waals surface area contributed by atoms with Crippen LogP contribution in [-0.4, -0.2) is 35.7 Å². The highest BCUT2D eigenvalue weighted by atomic mass is 35.5. The van der Waals surface area contributed by atoms with Gasteiger partial charge in [0.25, 0.3) is 0 Å². The van der Waals surface area contributed by atoms with Crippen LogP contribution in [0.5, 0.6) is 0 Å². The Morgan fingerprint density at radius 3 is 3.05 bits per heavy atom. The molecule has 1 fully saturated rings. The van der Waals surface area contributed by atoms with E-state index in [1.807, 2.05) is 18.2 Å². The number of amides is 1. The average Bonchev–Trinajstić information content (AvgIpc) is 2.78. The van der Waals surface area contributed by atoms with Crippen LogP contribution < -0.4 is 0 Å². The zero-order valence-electron chi connectivity index (χ0n) is 11.2. The van der Waals surface area contributed by atoms with Crippen molar-refractivity contribution in [3.8, 4) is 0 Å². The Morgan fingerprint density at radius 1 is 1.55 bits per heavy atom. The molecule has 0 aromatic heterocycles. The number of hydrogen-bond acceptors (Lipinski definition) is 4. The van der Waals surface area contributed by atoms with Crippen molar-refractivity contribution in [1.29, 1.82) is 0 Å². The number of hydrogen-bond donors (Lipinski definition) is 0. The standard InChI is InChI=1S/C14H16ClNO3S/c1-2-19-13(18)6-7-16-12(17)9-20-14(16)10-4-3-5-11(15)8-10/h3-5,8,14H,2,6-7,9H2,1H3. The molecule has 1 amide bonds. The molecule has 4 nitrogen and oxygen atoms in total. The van der Waals surface area contributed by atoms with Crippen molar-refractivity contribution in [3.63, 3.8) is 0 Å². The zero-order chi connectivity index (χ0) is 14.5. The molecule has 1 atom stereocenters. The lowest BCUT2D eigenvalue weighted by molar-refractivity contribution is -0.143. The first kappa shape index (κ1) is 15.2. The third-order valence-electron chi connectivity index (χ3n) is 2.96. The van der Waals surface area contributed by atoms with Gasteiger partial charge >= 0.3 is 5.97 Å². The van der Waals surface area contributed by atoms with E-state index in [0.29, 0.717) is 23.9 Å². The van der Waals surface area contributed by atoms with Gasteiger partial charge in [-0.1, -0.05) is 23.7 Å². The monoisotopic (exact) mass is 313 g/mol. The van der Waals surface area contributed by atoms with Gasteiger partial charge in [-0.15, -0.1) is 11.8 Å². The summed E-state index contributed by atoms with van der Waals surface area (Å²) >= 11 is 7.54. The largest absolute Gasteiger partial charge is 0.466 e. The zero-order valence-corrected chi connectivity index (χ0v) is 12.7. The van der Waals surface area contributed by atoms with E-state index < -0.39 is 0 Å². The molecule has 0 saturated carbocycles. The summed E-state index contributed by atoms with van der Waals surface area (Å²) in [6, 6.07) is 7.47. The first-order valence-corrected chi connectivity index (χ1v) is 7.86. The summed E-state index contributed by atoms with van der Waals surface area (Å²) in [6.45, 7) is 2.50. The molecule has 6 heteroatoms. The second-order valence-electron chi connectivity index (χ2n) is 4.36. The van der Waals surface area contributed by atoms with Gasteiger partial charge in [0.15, 0.2) is 0 Å². The Hall–Kier alpha value is -1.20. The molecule has 0 spiro atoms. The second kappa shape index (κ2) is 6.99. The minimum Gasteiger partial charge on any atom is -0.466 e. The Balaban J connectivity index is 2.05. The first-order chi connectivity index (χ1) is 9.61. The first-order valence-electron chi connectivity index (χ1n) is 6.44. The van der Waals surface area contributed by atoms with Crippen LogP contribution >= 0.6 is 23.4 Å². The van der Waals surface area contributed by atoms with Crippen LogP contribution in [0.4, 0.5) is 0 Å². The van der Waals surface area contributed by atoms with Crippen LogP contribution in [-0.2, 0) is 14.3 Å². The Kier molecular flexibility index (Phi) is 5.31. The SMILES string of the molecule is CCOC(=O)CCN1C(=O)CSC1c1cccc(Cl)c1. The summed E-state index contributed by atoms with van der Waals surface area (Å²) in [5, 5.41) is 0.573. The van der Waals surface area contributed by atoms with Crippen LogP contribution in [0.15, 0.2) is 24.3 Å². The van der Waals surface area contributed by atoms with Gasteiger partial charge in [0.2, 0.25) is 5.91 Å². The number of esters is 1. The second-order valence-corrected chi connectivity index (χ2v) is 5.87. The number of thioether (sulfide) groups is 1. The molecule has 1 saturated heterocycles. The van der Waals surface area contributed by atoms with Crippen molar-refractivity contribution in [2.24, 2.45) is 0 Å². The Bertz CT molecular complexity index is 509. The third-order valence-corrected chi connectivity index (χ3v) is 4.46. The van der Waals surface area contributed by atoms with Crippen molar-refractivity contribution in [2.45, 2.75) is 18.7 Å². The van der Waals surface area contributed by atoms with Gasteiger partial charge < -0.3 is 9.64 Å². The number of carbonyl (C=O) groups excluding carboxylic acids is 2. The fraction of sp³-hybridized carbons (Fsp3) is 0.429. The maximum absolute atomic E-state index is 11.9. The highest BCUT2D eigenvalue weighted by molar-refractivity contribution is 8.00. The topological polar surface area (TPSA) is 46.6 Å². The molecule has 1 aliphatic heterocycles. The van der Waals surface area contributed by atoms with Gasteiger partial charge in [-0.05, 0) is 24.6 Å². The van der Waals surface area contributed by atoms with Crippen LogP contribution in [0.1, 0.15) is 24.3 Å². The number of halogens is 1. The fourth-order valence-corrected chi connectivity index (χ4v) is 3.48. The highest BCUT2D eigenvalue weighted by Crippen LogP contribution is 2.39. The number of ether oxygens (including phenoxy) is 1. The van der Waals surface area contributed by atoms with E-state index in [2.05, 4.69) is 0 Å². The summed E-state index contributed by atoms with van der Waals surface area (Å²) in [4.78, 5) is 25.1. The van der Waals surface area contributed by atoms with Crippen molar-refractivity contribution >= 4 is 35.2 Å². The molecule has 0 radical (unpaired) electrons. The van der Waals surface area contributed by atoms with Crippen molar-refractivity contribution in [1.82, 2.24) is 4.90 Å². The summed E-state index contributed by atoms with van der Waals surface area (Å²) in [5.74, 6) is 0.200. The van der Waals surface area contributed by atoms with Crippen LogP contribution in [0, 0.1) is 0 Å². The Morgan fingerprint density at radius 2 is 2.35 bits per heavy atom. The molecule has 1 aromatic rings. The minimum absolute atomic E-state index is 0.0456. The van der Waals surface area contributed by atoms with Gasteiger partial charge in [-0.25, -0.2) is 0 Å². The molecule has 1 aromatic carbocycles. The molecule has 1 unspecified atom stereocenters. The van der Waals surface area contributed by atoms with Crippen LogP contribution in [0.3, 0.4) is 0 Å². The molecule has 2 rings (SSSR count). The molecule has 0 bridgehead atoms. The predicted octanol–water partition coefficient (Wildman–Crippen LogP) is 2.87. The molecular formula is C14H16ClNO3S. The lowest BCUT2D eigenvalue weighted by Crippen LogP contribution is -2.30. The molecular weight excluding hydrogens is 298 g/mol. The van der Waals surface area contributed by atoms with Crippen molar-refractivity contribution in [2.75, 3.05) is 18.9 Å². The molecule has 20 heavy (non-hydrogen) atoms. The summed E-state index contributed by atoms with van der Waals surface area (Å²) < 4.78 is 4.89. The lowest BCUT2D eigenvalue weighted by atomic mass is 10.2. The maximum Gasteiger partial charge on any atom is 0.307 e. The normalized spacial score (nSPS) is 18.4. The lowest BCUT2D eigenvalue weighted by Gasteiger charge is -2.24. The van der Waals surface area contributed by atoms with E-state index >= 15 is 0 Å². The van der Waals surface area contributed by atoms with Gasteiger partial charge in [-0.3, -0.25) is 9.59 Å². The van der Waals surface area contributed by atoms with E-state index in [4.69, 9.17) is 16.3 Å². The van der Waals surface area contributed by atoms with E-state index in [1.165, 1.54) is 0 Å². The number of carbonyl (C=O) groups is 2. The number of rotatable bonds is 5. The van der Waals surface area contributed by atoms with Crippen LogP contribution in [0.25, 0.3) is 0 Å². The molecule has 0 aliphatic carbocycles. The summed E-state index contributed by atoms with van der Waals surface area (Å²) in [5.41, 5.74) is 0.984. The van der Waals surface area contributed by atoms with Crippen LogP contribution in [0.2, 0.25) is 5.02 Å². The van der Waals surface area contributed by atoms with Crippen molar-refractivity contribution < 1.29 is 14.3 Å². The van der Waals surface area contributed by atoms with E-state index in [0.717, 1.165) is 5.56 Å². The fourth-order valence-electron chi connectivity index (χ4n) is 2.08. The van der Waals surface area contributed by atoms with Gasteiger partial charge in [0.05, 0.1) is 18.8 Å². The molecule has 1 heterocycles. The summed E-state index contributed by atoms with van der Waals surface area (Å²) in [6.07, 6.45) is 0.219. The molecule has 0 N–H and O–H groups in total. The summed E-state index contributed by atoms with van der Waals surface area (Å²) in [7, 11) is 0. The van der Waals surface area contributed by atoms with E-state index in [1.54, 1.807) is 29.7 Å². The smallest absolute Gasteiger partial charge is 0.307 e. The quantitative estimate of drug-likeness (QED) is 0.784. The highest BCUT2D eigenvalue weighted by Gasteiger charge is 2.32. The molecule has 1 aliphatic rings. The van der Waals surface area contributed by atoms with E-state index in [9.17, 15) is 9.59 Å². The van der Waals surface area contributed by atoms with Gasteiger partial charge in [0.1, 0.15) is 5.37 Å². The maximum atomic E-state index is 11.9. The van der Waals surface area contributed by atoms with Gasteiger partial charge in [0, 0.05) is 11.6 Å².